The number of amides is 1. The fraction of sp³-hybridized carbons (Fsp3) is 0.357. The number of aromatic amines is 1. The van der Waals surface area contributed by atoms with Crippen molar-refractivity contribution in [3.63, 3.8) is 0 Å². The molecule has 3 rings (SSSR count). The van der Waals surface area contributed by atoms with Gasteiger partial charge in [-0.15, -0.1) is 0 Å². The smallest absolute Gasteiger partial charge is 0.272 e. The van der Waals surface area contributed by atoms with E-state index in [1.165, 1.54) is 12.2 Å². The van der Waals surface area contributed by atoms with Crippen LogP contribution in [-0.4, -0.2) is 33.7 Å². The predicted octanol–water partition coefficient (Wildman–Crippen LogP) is 1.55. The summed E-state index contributed by atoms with van der Waals surface area (Å²) in [6, 6.07) is 7.01. The Morgan fingerprint density at radius 1 is 1.40 bits per heavy atom. The Hall–Kier alpha value is -1.82. The van der Waals surface area contributed by atoms with Gasteiger partial charge >= 0.3 is 0 Å². The average Bonchev–Trinajstić information content (AvgIpc) is 2.99. The summed E-state index contributed by atoms with van der Waals surface area (Å²) >= 11 is 1.89. The molecule has 5 nitrogen and oxygen atoms in total. The number of carbonyl (C=O) groups is 1. The number of nitrogens with zero attached hydrogens (tertiary/aromatic N) is 1. The van der Waals surface area contributed by atoms with Crippen molar-refractivity contribution in [2.45, 2.75) is 18.1 Å². The van der Waals surface area contributed by atoms with Crippen LogP contribution in [0.1, 0.15) is 23.3 Å². The predicted molar refractivity (Wildman–Crippen MR) is 80.2 cm³/mol. The van der Waals surface area contributed by atoms with E-state index in [1.807, 2.05) is 11.8 Å². The van der Waals surface area contributed by atoms with E-state index in [1.54, 1.807) is 24.3 Å². The lowest BCUT2D eigenvalue weighted by Gasteiger charge is -2.10. The van der Waals surface area contributed by atoms with Crippen LogP contribution in [0, 0.1) is 0 Å². The SMILES string of the molecule is O=C(NCC1CCCS1)c1n[nH]c(=O)c2ccccc12. The van der Waals surface area contributed by atoms with E-state index in [9.17, 15) is 9.59 Å². The number of H-pyrrole nitrogens is 1. The third-order valence-corrected chi connectivity index (χ3v) is 4.82. The molecule has 0 saturated carbocycles. The van der Waals surface area contributed by atoms with Crippen molar-refractivity contribution in [3.8, 4) is 0 Å². The Balaban J connectivity index is 1.84. The molecule has 2 heterocycles. The Bertz CT molecular complexity index is 692. The van der Waals surface area contributed by atoms with E-state index < -0.39 is 0 Å². The van der Waals surface area contributed by atoms with Crippen LogP contribution in [0.15, 0.2) is 29.1 Å². The minimum atomic E-state index is -0.275. The molecule has 1 atom stereocenters. The number of fused-ring (bicyclic) bond motifs is 1. The maximum absolute atomic E-state index is 12.2. The third kappa shape index (κ3) is 2.56. The summed E-state index contributed by atoms with van der Waals surface area (Å²) in [5.74, 6) is 0.936. The molecule has 0 bridgehead atoms. The van der Waals surface area contributed by atoms with Crippen LogP contribution < -0.4 is 10.9 Å². The molecular formula is C14H15N3O2S. The third-order valence-electron chi connectivity index (χ3n) is 3.43. The lowest BCUT2D eigenvalue weighted by atomic mass is 10.1. The maximum atomic E-state index is 12.2. The molecule has 1 aromatic heterocycles. The summed E-state index contributed by atoms with van der Waals surface area (Å²) in [4.78, 5) is 23.9. The number of benzene rings is 1. The van der Waals surface area contributed by atoms with Crippen molar-refractivity contribution in [2.24, 2.45) is 0 Å². The Labute approximate surface area is 120 Å². The zero-order valence-electron chi connectivity index (χ0n) is 10.9. The molecule has 0 aliphatic carbocycles. The van der Waals surface area contributed by atoms with Gasteiger partial charge in [0.1, 0.15) is 0 Å². The molecule has 6 heteroatoms. The van der Waals surface area contributed by atoms with E-state index in [2.05, 4.69) is 15.5 Å². The van der Waals surface area contributed by atoms with Gasteiger partial charge in [0, 0.05) is 17.2 Å². The van der Waals surface area contributed by atoms with Gasteiger partial charge in [-0.3, -0.25) is 9.59 Å². The van der Waals surface area contributed by atoms with Crippen molar-refractivity contribution in [2.75, 3.05) is 12.3 Å². The number of rotatable bonds is 3. The highest BCUT2D eigenvalue weighted by molar-refractivity contribution is 8.00. The molecule has 1 fully saturated rings. The van der Waals surface area contributed by atoms with Crippen LogP contribution >= 0.6 is 11.8 Å². The van der Waals surface area contributed by atoms with E-state index in [0.717, 1.165) is 6.42 Å². The largest absolute Gasteiger partial charge is 0.350 e. The molecule has 1 saturated heterocycles. The van der Waals surface area contributed by atoms with Gasteiger partial charge in [0.05, 0.1) is 5.39 Å². The summed E-state index contributed by atoms with van der Waals surface area (Å²) in [6.45, 7) is 0.651. The van der Waals surface area contributed by atoms with Crippen molar-refractivity contribution in [3.05, 3.63) is 40.3 Å². The minimum Gasteiger partial charge on any atom is -0.350 e. The molecule has 2 N–H and O–H groups in total. The molecule has 1 aliphatic heterocycles. The molecule has 1 amide bonds. The molecule has 1 unspecified atom stereocenters. The minimum absolute atomic E-state index is 0.232. The van der Waals surface area contributed by atoms with E-state index in [0.29, 0.717) is 22.6 Å². The highest BCUT2D eigenvalue weighted by Gasteiger charge is 2.18. The van der Waals surface area contributed by atoms with Gasteiger partial charge in [-0.1, -0.05) is 18.2 Å². The topological polar surface area (TPSA) is 74.8 Å². The number of nitrogens with one attached hydrogen (secondary N) is 2. The Kier molecular flexibility index (Phi) is 3.73. The molecular weight excluding hydrogens is 274 g/mol. The quantitative estimate of drug-likeness (QED) is 0.899. The average molecular weight is 289 g/mol. The monoisotopic (exact) mass is 289 g/mol. The molecule has 2 aromatic rings. The highest BCUT2D eigenvalue weighted by Crippen LogP contribution is 2.25. The van der Waals surface area contributed by atoms with Crippen LogP contribution in [0.3, 0.4) is 0 Å². The van der Waals surface area contributed by atoms with Crippen LogP contribution in [0.25, 0.3) is 10.8 Å². The lowest BCUT2D eigenvalue weighted by molar-refractivity contribution is 0.0949. The summed E-state index contributed by atoms with van der Waals surface area (Å²) in [5.41, 5.74) is 0.00620. The summed E-state index contributed by atoms with van der Waals surface area (Å²) in [5, 5.41) is 10.8. The second kappa shape index (κ2) is 5.66. The fourth-order valence-electron chi connectivity index (χ4n) is 2.38. The second-order valence-corrected chi connectivity index (χ2v) is 6.20. The lowest BCUT2D eigenvalue weighted by Crippen LogP contribution is -2.31. The zero-order valence-corrected chi connectivity index (χ0v) is 11.7. The van der Waals surface area contributed by atoms with E-state index >= 15 is 0 Å². The Morgan fingerprint density at radius 3 is 2.95 bits per heavy atom. The molecule has 20 heavy (non-hydrogen) atoms. The first kappa shape index (κ1) is 13.2. The standard InChI is InChI=1S/C14H15N3O2S/c18-13-11-6-2-1-5-10(11)12(16-17-13)14(19)15-8-9-4-3-7-20-9/h1-2,5-6,9H,3-4,7-8H2,(H,15,19)(H,17,18). The molecule has 1 aromatic carbocycles. The normalized spacial score (nSPS) is 18.3. The van der Waals surface area contributed by atoms with Crippen molar-refractivity contribution in [1.82, 2.24) is 15.5 Å². The summed E-state index contributed by atoms with van der Waals surface area (Å²) < 4.78 is 0. The number of carbonyl (C=O) groups excluding carboxylic acids is 1. The molecule has 0 spiro atoms. The van der Waals surface area contributed by atoms with Crippen molar-refractivity contribution >= 4 is 28.4 Å². The van der Waals surface area contributed by atoms with Gasteiger partial charge in [0.15, 0.2) is 5.69 Å². The van der Waals surface area contributed by atoms with Gasteiger partial charge in [-0.25, -0.2) is 5.10 Å². The van der Waals surface area contributed by atoms with Gasteiger partial charge in [-0.05, 0) is 24.7 Å². The first-order valence-corrected chi connectivity index (χ1v) is 7.68. The summed E-state index contributed by atoms with van der Waals surface area (Å²) in [7, 11) is 0. The van der Waals surface area contributed by atoms with Crippen molar-refractivity contribution in [1.29, 1.82) is 0 Å². The number of aromatic nitrogens is 2. The Morgan fingerprint density at radius 2 is 2.20 bits per heavy atom. The van der Waals surface area contributed by atoms with Gasteiger partial charge in [0.2, 0.25) is 0 Å². The van der Waals surface area contributed by atoms with Crippen LogP contribution in [-0.2, 0) is 0 Å². The highest BCUT2D eigenvalue weighted by atomic mass is 32.2. The fourth-order valence-corrected chi connectivity index (χ4v) is 3.58. The second-order valence-electron chi connectivity index (χ2n) is 4.79. The zero-order chi connectivity index (χ0) is 13.9. The number of thioether (sulfide) groups is 1. The molecule has 0 radical (unpaired) electrons. The van der Waals surface area contributed by atoms with Gasteiger partial charge < -0.3 is 5.32 Å². The maximum Gasteiger partial charge on any atom is 0.272 e. The van der Waals surface area contributed by atoms with E-state index in [4.69, 9.17) is 0 Å². The van der Waals surface area contributed by atoms with Gasteiger partial charge in [0.25, 0.3) is 11.5 Å². The van der Waals surface area contributed by atoms with Crippen LogP contribution in [0.2, 0.25) is 0 Å². The van der Waals surface area contributed by atoms with Crippen LogP contribution in [0.5, 0.6) is 0 Å². The number of hydrogen-bond acceptors (Lipinski definition) is 4. The molecule has 104 valence electrons. The first-order chi connectivity index (χ1) is 9.75. The van der Waals surface area contributed by atoms with Crippen molar-refractivity contribution < 1.29 is 4.79 Å². The summed E-state index contributed by atoms with van der Waals surface area (Å²) in [6.07, 6.45) is 2.36. The van der Waals surface area contributed by atoms with Crippen LogP contribution in [0.4, 0.5) is 0 Å². The molecule has 1 aliphatic rings. The first-order valence-electron chi connectivity index (χ1n) is 6.63. The van der Waals surface area contributed by atoms with Gasteiger partial charge in [-0.2, -0.15) is 16.9 Å². The number of hydrogen-bond donors (Lipinski definition) is 2. The van der Waals surface area contributed by atoms with E-state index in [-0.39, 0.29) is 17.2 Å².